The van der Waals surface area contributed by atoms with E-state index in [4.69, 9.17) is 0 Å². The van der Waals surface area contributed by atoms with Gasteiger partial charge in [-0.25, -0.2) is 0 Å². The lowest BCUT2D eigenvalue weighted by Crippen LogP contribution is -2.05. The zero-order valence-electron chi connectivity index (χ0n) is 28.2. The minimum Gasteiger partial charge on any atom is -0.361 e. The molecular formula is C44H55N. The molecule has 1 aromatic carbocycles. The monoisotopic (exact) mass is 597 g/mol. The Balaban J connectivity index is 0.00000271. The molecule has 2 atom stereocenters. The molecule has 236 valence electrons. The van der Waals surface area contributed by atoms with Crippen LogP contribution in [0.5, 0.6) is 0 Å². The Hall–Kier alpha value is -4.10. The average molecular weight is 598 g/mol. The second-order valence-electron chi connectivity index (χ2n) is 11.8. The molecular weight excluding hydrogens is 542 g/mol. The maximum atomic E-state index is 4.02. The molecule has 1 saturated carbocycles. The molecule has 0 heterocycles. The number of anilines is 1. The van der Waals surface area contributed by atoms with Crippen LogP contribution in [0, 0.1) is 11.8 Å². The van der Waals surface area contributed by atoms with E-state index in [2.05, 4.69) is 135 Å². The predicted octanol–water partition coefficient (Wildman–Crippen LogP) is 13.1. The highest BCUT2D eigenvalue weighted by Gasteiger charge is 2.20. The molecule has 2 unspecified atom stereocenters. The zero-order chi connectivity index (χ0) is 32.3. The molecule has 45 heavy (non-hydrogen) atoms. The predicted molar refractivity (Wildman–Crippen MR) is 202 cm³/mol. The first-order valence-electron chi connectivity index (χ1n) is 17.1. The second-order valence-corrected chi connectivity index (χ2v) is 11.8. The lowest BCUT2D eigenvalue weighted by Gasteiger charge is -2.19. The number of allylic oxidation sites excluding steroid dienone is 20. The average Bonchev–Trinajstić information content (AvgIpc) is 3.52. The van der Waals surface area contributed by atoms with Gasteiger partial charge in [-0.2, -0.15) is 0 Å². The van der Waals surface area contributed by atoms with Crippen LogP contribution in [0.2, 0.25) is 0 Å². The SMILES string of the molecule is C=C/C=C(\C=C/Nc1ccc(/C=C/C(/C=C\C)=C/C=C)cc1C1CCCC1)/C=C(/C1=CCCC(C)C=C1)C1C=CC=CC1.CC. The molecule has 0 aliphatic heterocycles. The van der Waals surface area contributed by atoms with Crippen LogP contribution in [0.1, 0.15) is 89.7 Å². The molecule has 1 heteroatoms. The van der Waals surface area contributed by atoms with Gasteiger partial charge >= 0.3 is 0 Å². The number of rotatable bonds is 12. The van der Waals surface area contributed by atoms with Gasteiger partial charge < -0.3 is 5.32 Å². The van der Waals surface area contributed by atoms with Crippen molar-refractivity contribution in [2.45, 2.75) is 78.6 Å². The van der Waals surface area contributed by atoms with Gasteiger partial charge in [0.1, 0.15) is 0 Å². The molecule has 0 bridgehead atoms. The van der Waals surface area contributed by atoms with Gasteiger partial charge in [0.25, 0.3) is 0 Å². The summed E-state index contributed by atoms with van der Waals surface area (Å²) in [7, 11) is 0. The third kappa shape index (κ3) is 11.4. The van der Waals surface area contributed by atoms with Crippen molar-refractivity contribution in [3.05, 3.63) is 168 Å². The molecule has 0 aromatic heterocycles. The molecule has 0 spiro atoms. The third-order valence-electron chi connectivity index (χ3n) is 8.46. The van der Waals surface area contributed by atoms with E-state index in [1.807, 2.05) is 39.0 Å². The minimum atomic E-state index is 0.369. The normalized spacial score (nSPS) is 21.2. The maximum absolute atomic E-state index is 4.02. The fourth-order valence-electron chi connectivity index (χ4n) is 6.14. The molecule has 0 amide bonds. The minimum absolute atomic E-state index is 0.369. The summed E-state index contributed by atoms with van der Waals surface area (Å²) in [5, 5.41) is 3.66. The maximum Gasteiger partial charge on any atom is 0.0415 e. The van der Waals surface area contributed by atoms with E-state index in [1.165, 1.54) is 60.1 Å². The molecule has 1 nitrogen and oxygen atoms in total. The van der Waals surface area contributed by atoms with Gasteiger partial charge in [-0.05, 0) is 102 Å². The van der Waals surface area contributed by atoms with Crippen molar-refractivity contribution in [3.63, 3.8) is 0 Å². The molecule has 3 aliphatic carbocycles. The van der Waals surface area contributed by atoms with Crippen molar-refractivity contribution < 1.29 is 0 Å². The van der Waals surface area contributed by atoms with Crippen LogP contribution >= 0.6 is 0 Å². The van der Waals surface area contributed by atoms with E-state index in [9.17, 15) is 0 Å². The number of hydrogen-bond acceptors (Lipinski definition) is 1. The van der Waals surface area contributed by atoms with Crippen molar-refractivity contribution in [1.29, 1.82) is 0 Å². The van der Waals surface area contributed by atoms with E-state index >= 15 is 0 Å². The van der Waals surface area contributed by atoms with Crippen LogP contribution in [0.3, 0.4) is 0 Å². The fourth-order valence-corrected chi connectivity index (χ4v) is 6.14. The molecule has 1 fully saturated rings. The molecule has 0 radical (unpaired) electrons. The van der Waals surface area contributed by atoms with Crippen LogP contribution in [0.25, 0.3) is 6.08 Å². The molecule has 1 N–H and O–H groups in total. The lowest BCUT2D eigenvalue weighted by molar-refractivity contribution is 0.662. The molecule has 0 saturated heterocycles. The van der Waals surface area contributed by atoms with Crippen LogP contribution < -0.4 is 5.32 Å². The lowest BCUT2D eigenvalue weighted by atomic mass is 9.85. The van der Waals surface area contributed by atoms with E-state index in [1.54, 1.807) is 0 Å². The van der Waals surface area contributed by atoms with Crippen LogP contribution in [-0.4, -0.2) is 0 Å². The molecule has 4 rings (SSSR count). The highest BCUT2D eigenvalue weighted by molar-refractivity contribution is 5.64. The van der Waals surface area contributed by atoms with E-state index < -0.39 is 0 Å². The van der Waals surface area contributed by atoms with Gasteiger partial charge in [-0.3, -0.25) is 0 Å². The Labute approximate surface area is 275 Å². The highest BCUT2D eigenvalue weighted by Crippen LogP contribution is 2.39. The largest absolute Gasteiger partial charge is 0.361 e. The van der Waals surface area contributed by atoms with Crippen molar-refractivity contribution in [1.82, 2.24) is 0 Å². The number of nitrogens with one attached hydrogen (secondary N) is 1. The van der Waals surface area contributed by atoms with Crippen LogP contribution in [0.15, 0.2) is 157 Å². The van der Waals surface area contributed by atoms with Gasteiger partial charge in [0.05, 0.1) is 0 Å². The Bertz CT molecular complexity index is 1420. The van der Waals surface area contributed by atoms with Gasteiger partial charge in [0, 0.05) is 17.8 Å². The van der Waals surface area contributed by atoms with E-state index in [-0.39, 0.29) is 0 Å². The Morgan fingerprint density at radius 1 is 0.911 bits per heavy atom. The quantitative estimate of drug-likeness (QED) is 0.236. The summed E-state index contributed by atoms with van der Waals surface area (Å²) in [5.74, 6) is 1.58. The standard InChI is InChI=1S/C42H49N.C2H6/c1-5-14-34(15-6-2)24-25-36-26-28-42(41(32-36)38-20-11-12-21-38)43-30-29-35(16-7-3)31-40(37-18-9-8-10-19-37)39-22-13-17-33(4)23-27-39;1-2/h5-10,14-16,18,22-33,37-38,43H,1,3,11-13,17,19-21H2,2,4H3;1-2H3/b15-6-,25-24+,30-29-,34-14+,35-16+,40-31+;. The van der Waals surface area contributed by atoms with Crippen molar-refractivity contribution >= 4 is 11.8 Å². The second kappa shape index (κ2) is 20.0. The van der Waals surface area contributed by atoms with Crippen molar-refractivity contribution in [3.8, 4) is 0 Å². The summed E-state index contributed by atoms with van der Waals surface area (Å²) in [6.45, 7) is 16.2. The van der Waals surface area contributed by atoms with Crippen LogP contribution in [0.4, 0.5) is 5.69 Å². The summed E-state index contributed by atoms with van der Waals surface area (Å²) in [4.78, 5) is 0. The smallest absolute Gasteiger partial charge is 0.0415 e. The molecule has 3 aliphatic rings. The van der Waals surface area contributed by atoms with Gasteiger partial charge in [0.15, 0.2) is 0 Å². The first kappa shape index (κ1) is 35.4. The third-order valence-corrected chi connectivity index (χ3v) is 8.46. The van der Waals surface area contributed by atoms with E-state index in [0.29, 0.717) is 17.8 Å². The van der Waals surface area contributed by atoms with Crippen molar-refractivity contribution in [2.24, 2.45) is 11.8 Å². The summed E-state index contributed by atoms with van der Waals surface area (Å²) < 4.78 is 0. The fraction of sp³-hybridized carbons (Fsp3) is 0.318. The Morgan fingerprint density at radius 3 is 2.40 bits per heavy atom. The highest BCUT2D eigenvalue weighted by atomic mass is 14.8. The van der Waals surface area contributed by atoms with Gasteiger partial charge in [-0.1, -0.05) is 150 Å². The van der Waals surface area contributed by atoms with Gasteiger partial charge in [0.2, 0.25) is 0 Å². The Kier molecular flexibility index (Phi) is 15.7. The van der Waals surface area contributed by atoms with Crippen LogP contribution in [-0.2, 0) is 0 Å². The summed E-state index contributed by atoms with van der Waals surface area (Å²) in [6, 6.07) is 6.82. The molecule has 1 aromatic rings. The number of benzene rings is 1. The first-order valence-corrected chi connectivity index (χ1v) is 17.1. The van der Waals surface area contributed by atoms with E-state index in [0.717, 1.165) is 24.0 Å². The summed E-state index contributed by atoms with van der Waals surface area (Å²) >= 11 is 0. The summed E-state index contributed by atoms with van der Waals surface area (Å²) in [5.41, 5.74) is 8.83. The Morgan fingerprint density at radius 2 is 1.69 bits per heavy atom. The van der Waals surface area contributed by atoms with Gasteiger partial charge in [-0.15, -0.1) is 0 Å². The topological polar surface area (TPSA) is 12.0 Å². The van der Waals surface area contributed by atoms with Crippen molar-refractivity contribution in [2.75, 3.05) is 5.32 Å². The number of hydrogen-bond donors (Lipinski definition) is 1. The summed E-state index contributed by atoms with van der Waals surface area (Å²) in [6.07, 6.45) is 47.6. The first-order chi connectivity index (χ1) is 22.1. The zero-order valence-corrected chi connectivity index (χ0v) is 28.2.